The Bertz CT molecular complexity index is 559. The maximum absolute atomic E-state index is 12.0. The molecule has 0 spiro atoms. The summed E-state index contributed by atoms with van der Waals surface area (Å²) >= 11 is 13.3. The molecule has 7 heteroatoms. The Hall–Kier alpha value is -0.910. The van der Waals surface area contributed by atoms with Crippen molar-refractivity contribution >= 4 is 52.5 Å². The van der Waals surface area contributed by atoms with Crippen LogP contribution in [0.2, 0.25) is 10.0 Å². The van der Waals surface area contributed by atoms with Crippen LogP contribution in [0.4, 0.5) is 5.69 Å². The van der Waals surface area contributed by atoms with Crippen molar-refractivity contribution in [1.29, 1.82) is 0 Å². The largest absolute Gasteiger partial charge is 0.336 e. The molecule has 1 N–H and O–H groups in total. The van der Waals surface area contributed by atoms with E-state index in [9.17, 15) is 9.59 Å². The smallest absolute Gasteiger partial charge is 0.243 e. The van der Waals surface area contributed by atoms with Crippen molar-refractivity contribution in [3.63, 3.8) is 0 Å². The van der Waals surface area contributed by atoms with Gasteiger partial charge in [-0.05, 0) is 18.2 Å². The summed E-state index contributed by atoms with van der Waals surface area (Å²) in [5, 5.41) is 3.47. The molecule has 0 aromatic heterocycles. The van der Waals surface area contributed by atoms with Gasteiger partial charge in [0.15, 0.2) is 0 Å². The molecule has 0 bridgehead atoms. The number of hydrogen-bond donors (Lipinski definition) is 1. The van der Waals surface area contributed by atoms with E-state index in [0.29, 0.717) is 21.5 Å². The summed E-state index contributed by atoms with van der Waals surface area (Å²) < 4.78 is 0.0127. The van der Waals surface area contributed by atoms with E-state index in [-0.39, 0.29) is 23.1 Å². The maximum atomic E-state index is 12.0. The lowest BCUT2D eigenvalue weighted by molar-refractivity contribution is -0.131. The van der Waals surface area contributed by atoms with Gasteiger partial charge >= 0.3 is 0 Å². The summed E-state index contributed by atoms with van der Waals surface area (Å²) in [6, 6.07) is 4.83. The first-order valence-electron chi connectivity index (χ1n) is 6.71. The normalized spacial score (nSPS) is 11.2. The second-order valence-electron chi connectivity index (χ2n) is 5.83. The van der Waals surface area contributed by atoms with Crippen LogP contribution < -0.4 is 5.32 Å². The van der Waals surface area contributed by atoms with Gasteiger partial charge in [0, 0.05) is 17.5 Å². The van der Waals surface area contributed by atoms with Crippen molar-refractivity contribution in [2.24, 2.45) is 0 Å². The monoisotopic (exact) mass is 362 g/mol. The molecule has 0 saturated carbocycles. The quantitative estimate of drug-likeness (QED) is 0.863. The number of benzene rings is 1. The van der Waals surface area contributed by atoms with Gasteiger partial charge in [-0.25, -0.2) is 0 Å². The van der Waals surface area contributed by atoms with Crippen molar-refractivity contribution < 1.29 is 9.59 Å². The molecular formula is C15H20Cl2N2O2S. The third-order valence-electron chi connectivity index (χ3n) is 2.64. The number of carbonyl (C=O) groups is 2. The number of rotatable bonds is 5. The van der Waals surface area contributed by atoms with Crippen LogP contribution >= 0.6 is 35.0 Å². The van der Waals surface area contributed by atoms with Crippen LogP contribution in [0.5, 0.6) is 0 Å². The molecule has 4 nitrogen and oxygen atoms in total. The minimum Gasteiger partial charge on any atom is -0.336 e. The van der Waals surface area contributed by atoms with E-state index >= 15 is 0 Å². The summed E-state index contributed by atoms with van der Waals surface area (Å²) in [6.45, 7) is 6.12. The molecule has 0 atom stereocenters. The molecule has 0 radical (unpaired) electrons. The van der Waals surface area contributed by atoms with Crippen LogP contribution in [0.15, 0.2) is 18.2 Å². The lowest BCUT2D eigenvalue weighted by atomic mass is 10.3. The predicted molar refractivity (Wildman–Crippen MR) is 94.9 cm³/mol. The van der Waals surface area contributed by atoms with Crippen molar-refractivity contribution in [3.05, 3.63) is 28.2 Å². The van der Waals surface area contributed by atoms with E-state index in [1.165, 1.54) is 4.90 Å². The zero-order valence-corrected chi connectivity index (χ0v) is 15.4. The molecule has 1 aromatic carbocycles. The summed E-state index contributed by atoms with van der Waals surface area (Å²) in [4.78, 5) is 25.3. The van der Waals surface area contributed by atoms with Gasteiger partial charge in [-0.3, -0.25) is 9.59 Å². The summed E-state index contributed by atoms with van der Waals surface area (Å²) in [7, 11) is 1.61. The first-order chi connectivity index (χ1) is 10.1. The lowest BCUT2D eigenvalue weighted by Crippen LogP contribution is -2.36. The van der Waals surface area contributed by atoms with E-state index in [4.69, 9.17) is 23.2 Å². The van der Waals surface area contributed by atoms with E-state index in [0.717, 1.165) is 0 Å². The fraction of sp³-hybridized carbons (Fsp3) is 0.467. The van der Waals surface area contributed by atoms with E-state index < -0.39 is 0 Å². The highest BCUT2D eigenvalue weighted by Crippen LogP contribution is 2.25. The highest BCUT2D eigenvalue weighted by molar-refractivity contribution is 8.01. The Kier molecular flexibility index (Phi) is 7.03. The van der Waals surface area contributed by atoms with E-state index in [2.05, 4.69) is 5.32 Å². The Morgan fingerprint density at radius 1 is 1.23 bits per heavy atom. The molecule has 0 unspecified atom stereocenters. The second kappa shape index (κ2) is 8.09. The number of carbonyl (C=O) groups excluding carboxylic acids is 2. The Morgan fingerprint density at radius 2 is 1.86 bits per heavy atom. The van der Waals surface area contributed by atoms with E-state index in [1.54, 1.807) is 37.0 Å². The fourth-order valence-electron chi connectivity index (χ4n) is 1.47. The predicted octanol–water partition coefficient (Wildman–Crippen LogP) is 3.92. The maximum Gasteiger partial charge on any atom is 0.243 e. The van der Waals surface area contributed by atoms with Crippen molar-refractivity contribution in [2.45, 2.75) is 25.5 Å². The third-order valence-corrected chi connectivity index (χ3v) is 4.63. The molecule has 1 aromatic rings. The van der Waals surface area contributed by atoms with Gasteiger partial charge in [0.1, 0.15) is 0 Å². The average molecular weight is 363 g/mol. The second-order valence-corrected chi connectivity index (χ2v) is 8.44. The number of anilines is 1. The van der Waals surface area contributed by atoms with Gasteiger partial charge in [0.05, 0.1) is 22.3 Å². The molecular weight excluding hydrogens is 343 g/mol. The summed E-state index contributed by atoms with van der Waals surface area (Å²) in [5.74, 6) is -0.0146. The fourth-order valence-corrected chi connectivity index (χ4v) is 2.54. The molecule has 122 valence electrons. The highest BCUT2D eigenvalue weighted by atomic mass is 35.5. The van der Waals surface area contributed by atoms with E-state index in [1.807, 2.05) is 20.8 Å². The molecule has 0 aliphatic heterocycles. The molecule has 1 rings (SSSR count). The summed E-state index contributed by atoms with van der Waals surface area (Å²) in [5.41, 5.74) is 0.546. The van der Waals surface area contributed by atoms with Crippen molar-refractivity contribution in [1.82, 2.24) is 4.90 Å². The van der Waals surface area contributed by atoms with Gasteiger partial charge in [0.2, 0.25) is 11.8 Å². The standard InChI is InChI=1S/C15H20Cl2N2O2S/c1-15(2,3)22-9-14(21)19(4)8-13(20)18-10-5-6-11(16)12(17)7-10/h5-7H,8-9H2,1-4H3,(H,18,20). The van der Waals surface area contributed by atoms with Gasteiger partial charge in [0.25, 0.3) is 0 Å². The van der Waals surface area contributed by atoms with Crippen LogP contribution in [-0.4, -0.2) is 40.8 Å². The lowest BCUT2D eigenvalue weighted by Gasteiger charge is -2.21. The van der Waals surface area contributed by atoms with Gasteiger partial charge < -0.3 is 10.2 Å². The van der Waals surface area contributed by atoms with Crippen LogP contribution in [0.3, 0.4) is 0 Å². The van der Waals surface area contributed by atoms with Crippen LogP contribution in [-0.2, 0) is 9.59 Å². The summed E-state index contributed by atoms with van der Waals surface area (Å²) in [6.07, 6.45) is 0. The Balaban J connectivity index is 2.50. The Morgan fingerprint density at radius 3 is 2.41 bits per heavy atom. The first kappa shape index (κ1) is 19.1. The van der Waals surface area contributed by atoms with Crippen LogP contribution in [0.1, 0.15) is 20.8 Å². The van der Waals surface area contributed by atoms with Crippen LogP contribution in [0.25, 0.3) is 0 Å². The van der Waals surface area contributed by atoms with Gasteiger partial charge in [-0.15, -0.1) is 11.8 Å². The Labute approximate surface area is 145 Å². The van der Waals surface area contributed by atoms with Gasteiger partial charge in [-0.1, -0.05) is 44.0 Å². The van der Waals surface area contributed by atoms with Gasteiger partial charge in [-0.2, -0.15) is 0 Å². The molecule has 0 saturated heterocycles. The molecule has 0 heterocycles. The molecule has 22 heavy (non-hydrogen) atoms. The number of thioether (sulfide) groups is 1. The molecule has 0 aliphatic rings. The zero-order chi connectivity index (χ0) is 16.9. The van der Waals surface area contributed by atoms with Crippen molar-refractivity contribution in [3.8, 4) is 0 Å². The number of nitrogens with one attached hydrogen (secondary N) is 1. The first-order valence-corrected chi connectivity index (χ1v) is 8.45. The molecule has 0 fully saturated rings. The third kappa shape index (κ3) is 6.90. The molecule has 2 amide bonds. The number of hydrogen-bond acceptors (Lipinski definition) is 3. The number of nitrogens with zero attached hydrogens (tertiary/aromatic N) is 1. The number of amides is 2. The zero-order valence-electron chi connectivity index (χ0n) is 13.1. The SMILES string of the molecule is CN(CC(=O)Nc1ccc(Cl)c(Cl)c1)C(=O)CSC(C)(C)C. The minimum absolute atomic E-state index is 0.0101. The van der Waals surface area contributed by atoms with Crippen molar-refractivity contribution in [2.75, 3.05) is 24.7 Å². The average Bonchev–Trinajstić information content (AvgIpc) is 2.39. The number of halogens is 2. The highest BCUT2D eigenvalue weighted by Gasteiger charge is 2.17. The van der Waals surface area contributed by atoms with Crippen LogP contribution in [0, 0.1) is 0 Å². The number of likely N-dealkylation sites (N-methyl/N-ethyl adjacent to an activating group) is 1. The minimum atomic E-state index is -0.282. The topological polar surface area (TPSA) is 49.4 Å². The molecule has 0 aliphatic carbocycles.